The summed E-state index contributed by atoms with van der Waals surface area (Å²) in [6, 6.07) is 8.49. The minimum Gasteiger partial charge on any atom is -0.372 e. The average molecular weight is 342 g/mol. The first-order chi connectivity index (χ1) is 12.1. The molecule has 5 nitrogen and oxygen atoms in total. The molecule has 0 saturated carbocycles. The first-order valence-electron chi connectivity index (χ1n) is 9.29. The van der Waals surface area contributed by atoms with Gasteiger partial charge in [0.25, 0.3) is 0 Å². The Morgan fingerprint density at radius 2 is 1.68 bits per heavy atom. The average Bonchev–Trinajstić information content (AvgIpc) is 2.58. The highest BCUT2D eigenvalue weighted by atomic mass is 15.1. The van der Waals surface area contributed by atoms with E-state index in [9.17, 15) is 0 Å². The van der Waals surface area contributed by atoms with Gasteiger partial charge < -0.3 is 15.5 Å². The molecule has 0 spiro atoms. The van der Waals surface area contributed by atoms with E-state index in [1.807, 2.05) is 13.0 Å². The molecule has 5 heteroatoms. The molecule has 2 aromatic rings. The number of hydrogen-bond donors (Lipinski definition) is 2. The molecule has 0 saturated heterocycles. The predicted molar refractivity (Wildman–Crippen MR) is 108 cm³/mol. The fourth-order valence-corrected chi connectivity index (χ4v) is 2.83. The van der Waals surface area contributed by atoms with Crippen molar-refractivity contribution < 1.29 is 0 Å². The van der Waals surface area contributed by atoms with Crippen LogP contribution in [0, 0.1) is 13.8 Å². The third-order valence-corrected chi connectivity index (χ3v) is 4.28. The molecule has 0 fully saturated rings. The number of aryl methyl sites for hydroxylation is 2. The van der Waals surface area contributed by atoms with Crippen LogP contribution in [0.2, 0.25) is 0 Å². The molecule has 2 rings (SSSR count). The molecule has 25 heavy (non-hydrogen) atoms. The van der Waals surface area contributed by atoms with Crippen molar-refractivity contribution in [1.29, 1.82) is 0 Å². The van der Waals surface area contributed by atoms with Gasteiger partial charge in [-0.1, -0.05) is 13.3 Å². The van der Waals surface area contributed by atoms with E-state index in [0.29, 0.717) is 0 Å². The Bertz CT molecular complexity index is 680. The maximum Gasteiger partial charge on any atom is 0.136 e. The lowest BCUT2D eigenvalue weighted by Crippen LogP contribution is -2.21. The van der Waals surface area contributed by atoms with Crippen LogP contribution in [0.4, 0.5) is 23.0 Å². The summed E-state index contributed by atoms with van der Waals surface area (Å²) in [5.74, 6) is 2.47. The zero-order valence-corrected chi connectivity index (χ0v) is 16.2. The second-order valence-electron chi connectivity index (χ2n) is 6.26. The van der Waals surface area contributed by atoms with E-state index in [1.165, 1.54) is 17.7 Å². The number of unbranched alkanes of at least 4 members (excludes halogenated alkanes) is 1. The van der Waals surface area contributed by atoms with E-state index in [0.717, 1.165) is 49.2 Å². The third kappa shape index (κ3) is 5.34. The summed E-state index contributed by atoms with van der Waals surface area (Å²) in [5, 5.41) is 6.81. The van der Waals surface area contributed by atoms with Gasteiger partial charge in [-0.05, 0) is 57.9 Å². The SMILES string of the molecule is CCCCNc1cc(Nc2ccc(N(CC)CC)cc2C)nc(C)n1. The molecule has 0 radical (unpaired) electrons. The van der Waals surface area contributed by atoms with Crippen molar-refractivity contribution in [2.75, 3.05) is 35.2 Å². The van der Waals surface area contributed by atoms with Crippen molar-refractivity contribution in [2.24, 2.45) is 0 Å². The smallest absolute Gasteiger partial charge is 0.136 e. The van der Waals surface area contributed by atoms with Gasteiger partial charge in [-0.2, -0.15) is 0 Å². The summed E-state index contributed by atoms with van der Waals surface area (Å²) >= 11 is 0. The lowest BCUT2D eigenvalue weighted by atomic mass is 10.1. The van der Waals surface area contributed by atoms with Gasteiger partial charge >= 0.3 is 0 Å². The zero-order chi connectivity index (χ0) is 18.2. The van der Waals surface area contributed by atoms with Crippen LogP contribution in [0.25, 0.3) is 0 Å². The van der Waals surface area contributed by atoms with Crippen molar-refractivity contribution in [3.8, 4) is 0 Å². The molecule has 0 unspecified atom stereocenters. The summed E-state index contributed by atoms with van der Waals surface area (Å²) in [5.41, 5.74) is 3.54. The van der Waals surface area contributed by atoms with Crippen molar-refractivity contribution >= 4 is 23.0 Å². The molecule has 136 valence electrons. The third-order valence-electron chi connectivity index (χ3n) is 4.28. The van der Waals surface area contributed by atoms with E-state index in [4.69, 9.17) is 0 Å². The van der Waals surface area contributed by atoms with Crippen molar-refractivity contribution in [2.45, 2.75) is 47.5 Å². The Morgan fingerprint density at radius 1 is 0.960 bits per heavy atom. The molecule has 0 bridgehead atoms. The second kappa shape index (κ2) is 9.25. The number of rotatable bonds is 9. The van der Waals surface area contributed by atoms with E-state index in [2.05, 4.69) is 71.4 Å². The lowest BCUT2D eigenvalue weighted by molar-refractivity contribution is 0.829. The van der Waals surface area contributed by atoms with Crippen LogP contribution in [0.1, 0.15) is 45.0 Å². The predicted octanol–water partition coefficient (Wildman–Crippen LogP) is 4.90. The Hall–Kier alpha value is -2.30. The number of nitrogens with zero attached hydrogens (tertiary/aromatic N) is 3. The summed E-state index contributed by atoms with van der Waals surface area (Å²) in [7, 11) is 0. The molecular formula is C20H31N5. The van der Waals surface area contributed by atoms with Gasteiger partial charge in [-0.3, -0.25) is 0 Å². The molecule has 1 aromatic carbocycles. The summed E-state index contributed by atoms with van der Waals surface area (Å²) in [4.78, 5) is 11.3. The first kappa shape index (κ1) is 19.0. The van der Waals surface area contributed by atoms with Crippen LogP contribution in [0.5, 0.6) is 0 Å². The molecule has 0 aliphatic carbocycles. The molecule has 1 heterocycles. The van der Waals surface area contributed by atoms with Gasteiger partial charge in [-0.15, -0.1) is 0 Å². The largest absolute Gasteiger partial charge is 0.372 e. The Morgan fingerprint density at radius 3 is 2.32 bits per heavy atom. The van der Waals surface area contributed by atoms with Crippen LogP contribution in [0.3, 0.4) is 0 Å². The van der Waals surface area contributed by atoms with Crippen molar-refractivity contribution in [3.63, 3.8) is 0 Å². The highest BCUT2D eigenvalue weighted by molar-refractivity contribution is 5.66. The van der Waals surface area contributed by atoms with Crippen molar-refractivity contribution in [1.82, 2.24) is 9.97 Å². The number of hydrogen-bond acceptors (Lipinski definition) is 5. The highest BCUT2D eigenvalue weighted by Crippen LogP contribution is 2.25. The molecule has 0 atom stereocenters. The molecular weight excluding hydrogens is 310 g/mol. The lowest BCUT2D eigenvalue weighted by Gasteiger charge is -2.22. The highest BCUT2D eigenvalue weighted by Gasteiger charge is 2.07. The summed E-state index contributed by atoms with van der Waals surface area (Å²) in [6.07, 6.45) is 2.30. The standard InChI is InChI=1S/C20H31N5/c1-6-9-12-21-19-14-20(23-16(5)22-19)24-18-11-10-17(13-15(18)4)25(7-2)8-3/h10-11,13-14H,6-9,12H2,1-5H3,(H2,21,22,23,24). The molecule has 0 amide bonds. The number of benzene rings is 1. The van der Waals surface area contributed by atoms with Gasteiger partial charge in [0.15, 0.2) is 0 Å². The van der Waals surface area contributed by atoms with E-state index in [1.54, 1.807) is 0 Å². The maximum absolute atomic E-state index is 4.52. The van der Waals surface area contributed by atoms with Gasteiger partial charge in [0.1, 0.15) is 17.5 Å². The zero-order valence-electron chi connectivity index (χ0n) is 16.2. The fourth-order valence-electron chi connectivity index (χ4n) is 2.83. The van der Waals surface area contributed by atoms with E-state index >= 15 is 0 Å². The second-order valence-corrected chi connectivity index (χ2v) is 6.26. The van der Waals surface area contributed by atoms with Gasteiger partial charge in [0, 0.05) is 37.1 Å². The van der Waals surface area contributed by atoms with Crippen LogP contribution in [0.15, 0.2) is 24.3 Å². The monoisotopic (exact) mass is 341 g/mol. The molecule has 0 aliphatic rings. The van der Waals surface area contributed by atoms with Crippen LogP contribution < -0.4 is 15.5 Å². The van der Waals surface area contributed by atoms with Crippen LogP contribution in [-0.2, 0) is 0 Å². The van der Waals surface area contributed by atoms with Gasteiger partial charge in [0.05, 0.1) is 0 Å². The van der Waals surface area contributed by atoms with E-state index < -0.39 is 0 Å². The first-order valence-corrected chi connectivity index (χ1v) is 9.29. The minimum atomic E-state index is 0.765. The van der Waals surface area contributed by atoms with Gasteiger partial charge in [0.2, 0.25) is 0 Å². The quantitative estimate of drug-likeness (QED) is 0.636. The van der Waals surface area contributed by atoms with Crippen molar-refractivity contribution in [3.05, 3.63) is 35.7 Å². The van der Waals surface area contributed by atoms with Crippen LogP contribution in [-0.4, -0.2) is 29.6 Å². The Balaban J connectivity index is 2.16. The molecule has 1 aromatic heterocycles. The van der Waals surface area contributed by atoms with Crippen LogP contribution >= 0.6 is 0 Å². The van der Waals surface area contributed by atoms with E-state index in [-0.39, 0.29) is 0 Å². The Labute approximate surface area is 151 Å². The normalized spacial score (nSPS) is 10.6. The molecule has 2 N–H and O–H groups in total. The van der Waals surface area contributed by atoms with Gasteiger partial charge in [-0.25, -0.2) is 9.97 Å². The molecule has 0 aliphatic heterocycles. The Kier molecular flexibility index (Phi) is 7.04. The summed E-state index contributed by atoms with van der Waals surface area (Å²) < 4.78 is 0. The number of aromatic nitrogens is 2. The number of anilines is 4. The minimum absolute atomic E-state index is 0.765. The maximum atomic E-state index is 4.52. The topological polar surface area (TPSA) is 53.1 Å². The summed E-state index contributed by atoms with van der Waals surface area (Å²) in [6.45, 7) is 13.6. The number of nitrogens with one attached hydrogen (secondary N) is 2. The fraction of sp³-hybridized carbons (Fsp3) is 0.500.